The average molecular weight is 373 g/mol. The van der Waals surface area contributed by atoms with Gasteiger partial charge in [0.2, 0.25) is 0 Å². The Bertz CT molecular complexity index is 584. The van der Waals surface area contributed by atoms with Crippen LogP contribution in [0.5, 0.6) is 0 Å². The summed E-state index contributed by atoms with van der Waals surface area (Å²) in [6, 6.07) is 5.46. The van der Waals surface area contributed by atoms with Crippen LogP contribution in [0.4, 0.5) is 11.4 Å². The molecule has 2 rings (SSSR count). The zero-order chi connectivity index (χ0) is 13.3. The third-order valence-corrected chi connectivity index (χ3v) is 3.63. The highest BCUT2D eigenvalue weighted by atomic mass is 79.9. The number of rotatable bonds is 2. The number of hydrogen-bond acceptors (Lipinski definition) is 2. The maximum absolute atomic E-state index is 12.0. The number of halogens is 2. The van der Waals surface area contributed by atoms with Crippen molar-refractivity contribution in [3.8, 4) is 0 Å². The van der Waals surface area contributed by atoms with Gasteiger partial charge in [-0.05, 0) is 62.5 Å². The van der Waals surface area contributed by atoms with Crippen molar-refractivity contribution in [2.24, 2.45) is 0 Å². The standard InChI is InChI=1S/C12H11Br2N3O/c1-6-2-8(13)11(9(14)3-6)17-12(18)10-4-7(15)5-16-10/h2-5,16H,15H2,1H3,(H,17,18). The number of H-pyrrole nitrogens is 1. The van der Waals surface area contributed by atoms with Crippen LogP contribution < -0.4 is 11.1 Å². The van der Waals surface area contributed by atoms with E-state index in [9.17, 15) is 4.79 Å². The molecule has 1 aromatic heterocycles. The van der Waals surface area contributed by atoms with Crippen LogP contribution in [-0.4, -0.2) is 10.9 Å². The Labute approximate surface area is 121 Å². The van der Waals surface area contributed by atoms with Gasteiger partial charge in [0.1, 0.15) is 5.69 Å². The highest BCUT2D eigenvalue weighted by Crippen LogP contribution is 2.32. The van der Waals surface area contributed by atoms with Gasteiger partial charge in [-0.2, -0.15) is 0 Å². The van der Waals surface area contributed by atoms with E-state index in [4.69, 9.17) is 5.73 Å². The van der Waals surface area contributed by atoms with Gasteiger partial charge >= 0.3 is 0 Å². The van der Waals surface area contributed by atoms with Crippen molar-refractivity contribution in [1.82, 2.24) is 4.98 Å². The molecular formula is C12H11Br2N3O. The van der Waals surface area contributed by atoms with Crippen molar-refractivity contribution in [1.29, 1.82) is 0 Å². The SMILES string of the molecule is Cc1cc(Br)c(NC(=O)c2cc(N)c[nH]2)c(Br)c1. The first-order chi connectivity index (χ1) is 8.47. The molecule has 4 N–H and O–H groups in total. The lowest BCUT2D eigenvalue weighted by Gasteiger charge is -2.10. The summed E-state index contributed by atoms with van der Waals surface area (Å²) in [6.45, 7) is 1.98. The number of aromatic nitrogens is 1. The molecule has 1 aromatic carbocycles. The predicted octanol–water partition coefficient (Wildman–Crippen LogP) is 3.68. The molecule has 2 aromatic rings. The van der Waals surface area contributed by atoms with E-state index in [1.165, 1.54) is 0 Å². The van der Waals surface area contributed by atoms with Gasteiger partial charge in [0.25, 0.3) is 5.91 Å². The molecule has 1 heterocycles. The average Bonchev–Trinajstić information content (AvgIpc) is 2.70. The van der Waals surface area contributed by atoms with Crippen LogP contribution in [0.3, 0.4) is 0 Å². The molecule has 0 unspecified atom stereocenters. The minimum atomic E-state index is -0.239. The summed E-state index contributed by atoms with van der Waals surface area (Å²) >= 11 is 6.85. The van der Waals surface area contributed by atoms with E-state index < -0.39 is 0 Å². The number of aromatic amines is 1. The number of anilines is 2. The number of nitrogens with two attached hydrogens (primary N) is 1. The normalized spacial score (nSPS) is 10.4. The second-order valence-corrected chi connectivity index (χ2v) is 5.61. The lowest BCUT2D eigenvalue weighted by atomic mass is 10.2. The van der Waals surface area contributed by atoms with Gasteiger partial charge in [-0.3, -0.25) is 4.79 Å². The summed E-state index contributed by atoms with van der Waals surface area (Å²) in [5.74, 6) is -0.239. The number of carbonyl (C=O) groups excluding carboxylic acids is 1. The molecule has 0 aliphatic heterocycles. The Morgan fingerprint density at radius 1 is 1.28 bits per heavy atom. The van der Waals surface area contributed by atoms with Crippen molar-refractivity contribution in [3.05, 3.63) is 44.6 Å². The molecule has 1 amide bonds. The van der Waals surface area contributed by atoms with Crippen molar-refractivity contribution in [2.45, 2.75) is 6.92 Å². The van der Waals surface area contributed by atoms with Crippen LogP contribution in [0.2, 0.25) is 0 Å². The fourth-order valence-electron chi connectivity index (χ4n) is 1.54. The Balaban J connectivity index is 2.27. The zero-order valence-corrected chi connectivity index (χ0v) is 12.7. The molecule has 0 radical (unpaired) electrons. The van der Waals surface area contributed by atoms with Crippen LogP contribution in [0.1, 0.15) is 16.1 Å². The summed E-state index contributed by atoms with van der Waals surface area (Å²) < 4.78 is 1.64. The van der Waals surface area contributed by atoms with Crippen LogP contribution in [0.25, 0.3) is 0 Å². The second-order valence-electron chi connectivity index (χ2n) is 3.90. The topological polar surface area (TPSA) is 70.9 Å². The molecule has 94 valence electrons. The first-order valence-corrected chi connectivity index (χ1v) is 6.77. The fraction of sp³-hybridized carbons (Fsp3) is 0.0833. The summed E-state index contributed by atoms with van der Waals surface area (Å²) in [7, 11) is 0. The highest BCUT2D eigenvalue weighted by molar-refractivity contribution is 9.11. The molecule has 0 aliphatic carbocycles. The van der Waals surface area contributed by atoms with Gasteiger partial charge in [0, 0.05) is 20.8 Å². The Hall–Kier alpha value is -1.27. The molecule has 0 saturated heterocycles. The quantitative estimate of drug-likeness (QED) is 0.752. The maximum atomic E-state index is 12.0. The third kappa shape index (κ3) is 2.76. The van der Waals surface area contributed by atoms with E-state index in [1.807, 2.05) is 19.1 Å². The molecule has 0 fully saturated rings. The van der Waals surface area contributed by atoms with E-state index in [-0.39, 0.29) is 5.91 Å². The van der Waals surface area contributed by atoms with Crippen LogP contribution in [0.15, 0.2) is 33.3 Å². The number of aryl methyl sites for hydroxylation is 1. The van der Waals surface area contributed by atoms with E-state index in [2.05, 4.69) is 42.2 Å². The number of amides is 1. The molecule has 6 heteroatoms. The summed E-state index contributed by atoms with van der Waals surface area (Å²) in [4.78, 5) is 14.8. The Morgan fingerprint density at radius 3 is 2.39 bits per heavy atom. The smallest absolute Gasteiger partial charge is 0.272 e. The van der Waals surface area contributed by atoms with E-state index in [0.29, 0.717) is 17.1 Å². The van der Waals surface area contributed by atoms with E-state index in [0.717, 1.165) is 14.5 Å². The molecule has 0 aliphatic rings. The Kier molecular flexibility index (Phi) is 3.77. The molecule has 4 nitrogen and oxygen atoms in total. The van der Waals surface area contributed by atoms with Gasteiger partial charge in [0.05, 0.1) is 5.69 Å². The molecule has 0 bridgehead atoms. The Morgan fingerprint density at radius 2 is 1.89 bits per heavy atom. The molecule has 0 atom stereocenters. The summed E-state index contributed by atoms with van der Waals surface area (Å²) in [6.07, 6.45) is 1.58. The van der Waals surface area contributed by atoms with Crippen LogP contribution in [-0.2, 0) is 0 Å². The first-order valence-electron chi connectivity index (χ1n) is 5.18. The minimum Gasteiger partial charge on any atom is -0.397 e. The van der Waals surface area contributed by atoms with Gasteiger partial charge < -0.3 is 16.0 Å². The number of nitrogens with one attached hydrogen (secondary N) is 2. The van der Waals surface area contributed by atoms with Gasteiger partial charge in [-0.25, -0.2) is 0 Å². The van der Waals surface area contributed by atoms with Gasteiger partial charge in [-0.1, -0.05) is 0 Å². The van der Waals surface area contributed by atoms with Gasteiger partial charge in [0.15, 0.2) is 0 Å². The number of hydrogen-bond donors (Lipinski definition) is 3. The fourth-order valence-corrected chi connectivity index (χ4v) is 3.16. The van der Waals surface area contributed by atoms with Crippen LogP contribution in [0, 0.1) is 6.92 Å². The summed E-state index contributed by atoms with van der Waals surface area (Å²) in [5, 5.41) is 2.82. The molecule has 0 saturated carbocycles. The first kappa shape index (κ1) is 13.2. The number of nitrogen functional groups attached to an aromatic ring is 1. The van der Waals surface area contributed by atoms with Crippen molar-refractivity contribution in [2.75, 3.05) is 11.1 Å². The minimum absolute atomic E-state index is 0.239. The lowest BCUT2D eigenvalue weighted by Crippen LogP contribution is -2.13. The van der Waals surface area contributed by atoms with E-state index in [1.54, 1.807) is 12.3 Å². The maximum Gasteiger partial charge on any atom is 0.272 e. The highest BCUT2D eigenvalue weighted by Gasteiger charge is 2.12. The lowest BCUT2D eigenvalue weighted by molar-refractivity contribution is 0.102. The van der Waals surface area contributed by atoms with Crippen LogP contribution >= 0.6 is 31.9 Å². The predicted molar refractivity (Wildman–Crippen MR) is 79.7 cm³/mol. The number of carbonyl (C=O) groups is 1. The summed E-state index contributed by atoms with van der Waals surface area (Å²) in [5.41, 5.74) is 8.30. The van der Waals surface area contributed by atoms with E-state index >= 15 is 0 Å². The molecular weight excluding hydrogens is 362 g/mol. The van der Waals surface area contributed by atoms with Gasteiger partial charge in [-0.15, -0.1) is 0 Å². The van der Waals surface area contributed by atoms with Crippen molar-refractivity contribution < 1.29 is 4.79 Å². The van der Waals surface area contributed by atoms with Crippen molar-refractivity contribution >= 4 is 49.1 Å². The van der Waals surface area contributed by atoms with Crippen molar-refractivity contribution in [3.63, 3.8) is 0 Å². The monoisotopic (exact) mass is 371 g/mol. The third-order valence-electron chi connectivity index (χ3n) is 2.37. The number of benzene rings is 1. The molecule has 0 spiro atoms. The molecule has 18 heavy (non-hydrogen) atoms. The second kappa shape index (κ2) is 5.16. The largest absolute Gasteiger partial charge is 0.397 e. The zero-order valence-electron chi connectivity index (χ0n) is 9.55.